The molecular weight excluding hydrogens is 194 g/mol. The summed E-state index contributed by atoms with van der Waals surface area (Å²) in [6.45, 7) is 4.26. The van der Waals surface area contributed by atoms with Crippen LogP contribution in [0.3, 0.4) is 0 Å². The summed E-state index contributed by atoms with van der Waals surface area (Å²) in [5, 5.41) is 0. The van der Waals surface area contributed by atoms with Crippen molar-refractivity contribution in [2.75, 3.05) is 26.8 Å². The molecule has 88 valence electrons. The average Bonchev–Trinajstić information content (AvgIpc) is 3.06. The molecule has 0 radical (unpaired) electrons. The molecule has 1 atom stereocenters. The van der Waals surface area contributed by atoms with Gasteiger partial charge in [0.05, 0.1) is 6.61 Å². The number of likely N-dealkylation sites (N-methyl/N-ethyl adjacent to an activating group) is 1. The summed E-state index contributed by atoms with van der Waals surface area (Å²) in [5.74, 6) is 5.75. The maximum atomic E-state index is 11.5. The molecule has 15 heavy (non-hydrogen) atoms. The first kappa shape index (κ1) is 12.4. The first-order chi connectivity index (χ1) is 7.22. The predicted octanol–water partition coefficient (Wildman–Crippen LogP) is -0.277. The highest BCUT2D eigenvalue weighted by Gasteiger charge is 2.30. The van der Waals surface area contributed by atoms with Gasteiger partial charge >= 0.3 is 0 Å². The van der Waals surface area contributed by atoms with Gasteiger partial charge in [0.2, 0.25) is 0 Å². The maximum Gasteiger partial charge on any atom is 0.253 e. The van der Waals surface area contributed by atoms with Crippen LogP contribution >= 0.6 is 0 Å². The van der Waals surface area contributed by atoms with E-state index in [0.717, 1.165) is 19.0 Å². The minimum atomic E-state index is -0.259. The molecular formula is C10H21N3O2. The fraction of sp³-hybridized carbons (Fsp3) is 0.900. The molecule has 0 heterocycles. The van der Waals surface area contributed by atoms with Gasteiger partial charge < -0.3 is 4.74 Å². The molecule has 1 saturated carbocycles. The molecule has 0 saturated heterocycles. The second-order valence-electron chi connectivity index (χ2n) is 4.01. The summed E-state index contributed by atoms with van der Waals surface area (Å²) in [7, 11) is 1.60. The third kappa shape index (κ3) is 3.77. The molecule has 0 bridgehead atoms. The second kappa shape index (κ2) is 6.05. The Morgan fingerprint density at radius 3 is 2.73 bits per heavy atom. The molecule has 5 nitrogen and oxygen atoms in total. The van der Waals surface area contributed by atoms with Gasteiger partial charge in [-0.3, -0.25) is 15.1 Å². The van der Waals surface area contributed by atoms with E-state index in [4.69, 9.17) is 10.6 Å². The lowest BCUT2D eigenvalue weighted by molar-refractivity contribution is -0.128. The summed E-state index contributed by atoms with van der Waals surface area (Å²) >= 11 is 0. The van der Waals surface area contributed by atoms with Crippen molar-refractivity contribution in [3.05, 3.63) is 0 Å². The number of hydrogen-bond acceptors (Lipinski definition) is 4. The van der Waals surface area contributed by atoms with Crippen molar-refractivity contribution in [1.82, 2.24) is 10.3 Å². The van der Waals surface area contributed by atoms with E-state index in [2.05, 4.69) is 17.2 Å². The molecule has 1 amide bonds. The van der Waals surface area contributed by atoms with Gasteiger partial charge in [0.1, 0.15) is 6.04 Å². The lowest BCUT2D eigenvalue weighted by Gasteiger charge is -2.28. The summed E-state index contributed by atoms with van der Waals surface area (Å²) in [6.07, 6.45) is 2.56. The Hall–Kier alpha value is -0.650. The Morgan fingerprint density at radius 1 is 1.67 bits per heavy atom. The number of nitrogens with zero attached hydrogens (tertiary/aromatic N) is 1. The number of rotatable bonds is 7. The molecule has 1 fully saturated rings. The van der Waals surface area contributed by atoms with Crippen molar-refractivity contribution < 1.29 is 9.53 Å². The second-order valence-corrected chi connectivity index (χ2v) is 4.01. The van der Waals surface area contributed by atoms with Crippen molar-refractivity contribution in [2.24, 2.45) is 11.8 Å². The summed E-state index contributed by atoms with van der Waals surface area (Å²) in [5.41, 5.74) is 2.20. The first-order valence-electron chi connectivity index (χ1n) is 5.46. The van der Waals surface area contributed by atoms with Gasteiger partial charge in [-0.2, -0.15) is 0 Å². The Labute approximate surface area is 90.9 Å². The number of amides is 1. The summed E-state index contributed by atoms with van der Waals surface area (Å²) in [4.78, 5) is 13.7. The van der Waals surface area contributed by atoms with Gasteiger partial charge in [0, 0.05) is 13.7 Å². The molecule has 0 aromatic carbocycles. The molecule has 1 rings (SSSR count). The van der Waals surface area contributed by atoms with Gasteiger partial charge in [-0.1, -0.05) is 6.92 Å². The van der Waals surface area contributed by atoms with Crippen molar-refractivity contribution >= 4 is 5.91 Å². The van der Waals surface area contributed by atoms with Crippen LogP contribution in [0.2, 0.25) is 0 Å². The molecule has 0 spiro atoms. The highest BCUT2D eigenvalue weighted by atomic mass is 16.5. The van der Waals surface area contributed by atoms with Gasteiger partial charge in [-0.05, 0) is 25.3 Å². The van der Waals surface area contributed by atoms with E-state index in [9.17, 15) is 4.79 Å². The first-order valence-corrected chi connectivity index (χ1v) is 5.46. The summed E-state index contributed by atoms with van der Waals surface area (Å²) in [6, 6.07) is -0.259. The lowest BCUT2D eigenvalue weighted by atomic mass is 10.2. The van der Waals surface area contributed by atoms with Gasteiger partial charge in [0.25, 0.3) is 5.91 Å². The van der Waals surface area contributed by atoms with Crippen molar-refractivity contribution in [2.45, 2.75) is 25.8 Å². The standard InChI is InChI=1S/C10H21N3O2/c1-3-13(6-8-4-5-8)9(7-15-2)10(14)12-11/h8-9H,3-7,11H2,1-2H3,(H,12,14). The minimum absolute atomic E-state index is 0.167. The SMILES string of the molecule is CCN(CC1CC1)C(COC)C(=O)NN. The van der Waals surface area contributed by atoms with E-state index in [1.807, 2.05) is 0 Å². The number of hydrazine groups is 1. The number of carbonyl (C=O) groups excluding carboxylic acids is 1. The zero-order chi connectivity index (χ0) is 11.3. The quantitative estimate of drug-likeness (QED) is 0.348. The van der Waals surface area contributed by atoms with Crippen LogP contribution in [0.1, 0.15) is 19.8 Å². The Morgan fingerprint density at radius 2 is 2.33 bits per heavy atom. The molecule has 1 aliphatic carbocycles. The molecule has 0 aromatic heterocycles. The topological polar surface area (TPSA) is 67.6 Å². The number of nitrogens with one attached hydrogen (secondary N) is 1. The third-order valence-electron chi connectivity index (χ3n) is 2.81. The molecule has 0 aromatic rings. The molecule has 3 N–H and O–H groups in total. The summed E-state index contributed by atoms with van der Waals surface area (Å²) < 4.78 is 5.05. The van der Waals surface area contributed by atoms with Crippen LogP contribution in [-0.4, -0.2) is 43.7 Å². The van der Waals surface area contributed by atoms with Crippen molar-refractivity contribution in [3.8, 4) is 0 Å². The number of methoxy groups -OCH3 is 1. The van der Waals surface area contributed by atoms with Crippen molar-refractivity contribution in [3.63, 3.8) is 0 Å². The normalized spacial score (nSPS) is 17.9. The van der Waals surface area contributed by atoms with E-state index in [1.54, 1.807) is 7.11 Å². The van der Waals surface area contributed by atoms with Crippen LogP contribution in [0.15, 0.2) is 0 Å². The number of nitrogens with two attached hydrogens (primary N) is 1. The van der Waals surface area contributed by atoms with Crippen LogP contribution in [-0.2, 0) is 9.53 Å². The predicted molar refractivity (Wildman–Crippen MR) is 58.0 cm³/mol. The van der Waals surface area contributed by atoms with E-state index in [1.165, 1.54) is 12.8 Å². The molecule has 0 aliphatic heterocycles. The fourth-order valence-corrected chi connectivity index (χ4v) is 1.71. The van der Waals surface area contributed by atoms with E-state index in [-0.39, 0.29) is 11.9 Å². The van der Waals surface area contributed by atoms with E-state index >= 15 is 0 Å². The average molecular weight is 215 g/mol. The van der Waals surface area contributed by atoms with Crippen LogP contribution in [0.5, 0.6) is 0 Å². The molecule has 1 unspecified atom stereocenters. The van der Waals surface area contributed by atoms with Crippen LogP contribution in [0.4, 0.5) is 0 Å². The highest BCUT2D eigenvalue weighted by Crippen LogP contribution is 2.30. The monoisotopic (exact) mass is 215 g/mol. The molecule has 5 heteroatoms. The lowest BCUT2D eigenvalue weighted by Crippen LogP contribution is -2.51. The minimum Gasteiger partial charge on any atom is -0.383 e. The van der Waals surface area contributed by atoms with Gasteiger partial charge in [-0.25, -0.2) is 5.84 Å². The number of carbonyl (C=O) groups is 1. The Kier molecular flexibility index (Phi) is 5.01. The Balaban J connectivity index is 2.51. The maximum absolute atomic E-state index is 11.5. The fourth-order valence-electron chi connectivity index (χ4n) is 1.71. The zero-order valence-electron chi connectivity index (χ0n) is 9.53. The van der Waals surface area contributed by atoms with Crippen LogP contribution in [0, 0.1) is 5.92 Å². The zero-order valence-corrected chi connectivity index (χ0v) is 9.53. The van der Waals surface area contributed by atoms with Gasteiger partial charge in [0.15, 0.2) is 0 Å². The van der Waals surface area contributed by atoms with Crippen LogP contribution < -0.4 is 11.3 Å². The number of hydrogen-bond donors (Lipinski definition) is 2. The van der Waals surface area contributed by atoms with Crippen LogP contribution in [0.25, 0.3) is 0 Å². The molecule has 1 aliphatic rings. The van der Waals surface area contributed by atoms with Gasteiger partial charge in [-0.15, -0.1) is 0 Å². The van der Waals surface area contributed by atoms with Crippen molar-refractivity contribution in [1.29, 1.82) is 0 Å². The largest absolute Gasteiger partial charge is 0.383 e. The Bertz CT molecular complexity index is 207. The van der Waals surface area contributed by atoms with E-state index < -0.39 is 0 Å². The third-order valence-corrected chi connectivity index (χ3v) is 2.81. The highest BCUT2D eigenvalue weighted by molar-refractivity contribution is 5.81. The number of ether oxygens (including phenoxy) is 1. The smallest absolute Gasteiger partial charge is 0.253 e. The van der Waals surface area contributed by atoms with E-state index in [0.29, 0.717) is 6.61 Å².